The minimum absolute atomic E-state index is 0.141. The number of rotatable bonds is 18. The number of hydrogen-bond acceptors (Lipinski definition) is 8. The summed E-state index contributed by atoms with van der Waals surface area (Å²) < 4.78 is 64.3. The second-order valence-corrected chi connectivity index (χ2v) is 11.5. The molecule has 0 unspecified atom stereocenters. The zero-order valence-electron chi connectivity index (χ0n) is 23.3. The van der Waals surface area contributed by atoms with Crippen molar-refractivity contribution >= 4 is 32.6 Å². The van der Waals surface area contributed by atoms with E-state index in [-0.39, 0.29) is 42.9 Å². The number of carbonyl (C=O) groups is 1. The molecule has 4 rings (SSSR count). The first-order valence-electron chi connectivity index (χ1n) is 13.7. The van der Waals surface area contributed by atoms with Gasteiger partial charge in [-0.3, -0.25) is 9.52 Å². The molecule has 0 spiro atoms. The van der Waals surface area contributed by atoms with Gasteiger partial charge < -0.3 is 23.9 Å². The minimum atomic E-state index is -3.70. The Hall–Kier alpha value is -3.68. The van der Waals surface area contributed by atoms with Crippen LogP contribution in [0.1, 0.15) is 41.1 Å². The van der Waals surface area contributed by atoms with E-state index in [0.29, 0.717) is 60.8 Å². The standard InChI is InChI=1S/C28H34FN5O7S/c1-31-28(35)26-23-17-22(19-3-4-19)24(18-25(23)41-27(26)20-5-7-21(29)8-6-20)33-42(36,37)16-2-10-38-12-14-40-15-13-39-11-9-32-34-30/h5-8,17-19,33H,2-4,9-16H2,1H3,(H,31,35). The Morgan fingerprint density at radius 2 is 1.74 bits per heavy atom. The Bertz CT molecular complexity index is 1520. The topological polar surface area (TPSA) is 165 Å². The van der Waals surface area contributed by atoms with Crippen molar-refractivity contribution in [1.29, 1.82) is 0 Å². The molecule has 0 radical (unpaired) electrons. The average molecular weight is 604 g/mol. The van der Waals surface area contributed by atoms with Crippen molar-refractivity contribution in [1.82, 2.24) is 5.32 Å². The predicted octanol–water partition coefficient (Wildman–Crippen LogP) is 4.97. The van der Waals surface area contributed by atoms with Crippen LogP contribution in [0.5, 0.6) is 0 Å². The summed E-state index contributed by atoms with van der Waals surface area (Å²) in [6, 6.07) is 9.08. The highest BCUT2D eigenvalue weighted by molar-refractivity contribution is 7.92. The number of furan rings is 1. The molecule has 0 saturated heterocycles. The third kappa shape index (κ3) is 8.66. The van der Waals surface area contributed by atoms with Gasteiger partial charge >= 0.3 is 0 Å². The number of nitrogens with one attached hydrogen (secondary N) is 2. The third-order valence-electron chi connectivity index (χ3n) is 6.55. The molecule has 0 atom stereocenters. The molecule has 1 fully saturated rings. The van der Waals surface area contributed by atoms with E-state index < -0.39 is 15.8 Å². The monoisotopic (exact) mass is 603 g/mol. The fraction of sp³-hybridized carbons (Fsp3) is 0.464. The van der Waals surface area contributed by atoms with Crippen molar-refractivity contribution in [2.24, 2.45) is 5.11 Å². The first kappa shape index (κ1) is 31.3. The number of hydrogen-bond donors (Lipinski definition) is 2. The van der Waals surface area contributed by atoms with Gasteiger partial charge in [-0.2, -0.15) is 0 Å². The van der Waals surface area contributed by atoms with Crippen LogP contribution >= 0.6 is 0 Å². The smallest absolute Gasteiger partial charge is 0.255 e. The fourth-order valence-electron chi connectivity index (χ4n) is 4.40. The summed E-state index contributed by atoms with van der Waals surface area (Å²) in [5.41, 5.74) is 10.6. The minimum Gasteiger partial charge on any atom is -0.455 e. The first-order chi connectivity index (χ1) is 20.3. The van der Waals surface area contributed by atoms with Crippen molar-refractivity contribution in [3.05, 3.63) is 63.8 Å². The molecule has 1 heterocycles. The van der Waals surface area contributed by atoms with Crippen molar-refractivity contribution in [3.8, 4) is 11.3 Å². The molecule has 12 nitrogen and oxygen atoms in total. The molecule has 1 amide bonds. The van der Waals surface area contributed by atoms with E-state index >= 15 is 0 Å². The van der Waals surface area contributed by atoms with Crippen LogP contribution in [0, 0.1) is 5.82 Å². The molecule has 2 N–H and O–H groups in total. The summed E-state index contributed by atoms with van der Waals surface area (Å²) >= 11 is 0. The summed E-state index contributed by atoms with van der Waals surface area (Å²) in [4.78, 5) is 15.5. The quantitative estimate of drug-likeness (QED) is 0.0897. The molecule has 42 heavy (non-hydrogen) atoms. The molecule has 1 aliphatic rings. The van der Waals surface area contributed by atoms with Gasteiger partial charge in [-0.1, -0.05) is 5.11 Å². The maximum Gasteiger partial charge on any atom is 0.255 e. The number of carbonyl (C=O) groups excluding carboxylic acids is 1. The molecule has 3 aromatic rings. The van der Waals surface area contributed by atoms with E-state index in [1.807, 2.05) is 6.07 Å². The lowest BCUT2D eigenvalue weighted by atomic mass is 10.0. The molecule has 14 heteroatoms. The lowest BCUT2D eigenvalue weighted by Gasteiger charge is -2.13. The number of ether oxygens (including phenoxy) is 3. The zero-order chi connectivity index (χ0) is 30.0. The van der Waals surface area contributed by atoms with Crippen LogP contribution in [-0.4, -0.2) is 73.3 Å². The number of azide groups is 1. The van der Waals surface area contributed by atoms with Gasteiger partial charge in [0.1, 0.15) is 17.2 Å². The van der Waals surface area contributed by atoms with Gasteiger partial charge in [-0.05, 0) is 66.6 Å². The number of benzene rings is 2. The second kappa shape index (κ2) is 15.0. The van der Waals surface area contributed by atoms with E-state index in [2.05, 4.69) is 20.1 Å². The van der Waals surface area contributed by atoms with Crippen LogP contribution in [0.2, 0.25) is 0 Å². The lowest BCUT2D eigenvalue weighted by molar-refractivity contribution is 0.0162. The largest absolute Gasteiger partial charge is 0.455 e. The number of halogens is 1. The Kier molecular flexibility index (Phi) is 11.2. The first-order valence-corrected chi connectivity index (χ1v) is 15.3. The summed E-state index contributed by atoms with van der Waals surface area (Å²) in [5, 5.41) is 6.56. The van der Waals surface area contributed by atoms with Gasteiger partial charge in [-0.25, -0.2) is 12.8 Å². The molecular formula is C28H34FN5O7S. The highest BCUT2D eigenvalue weighted by Gasteiger charge is 2.30. The lowest BCUT2D eigenvalue weighted by Crippen LogP contribution is -2.19. The molecule has 2 aromatic carbocycles. The second-order valence-electron chi connectivity index (χ2n) is 9.67. The van der Waals surface area contributed by atoms with E-state index in [1.54, 1.807) is 6.07 Å². The van der Waals surface area contributed by atoms with Crippen molar-refractivity contribution < 1.29 is 36.2 Å². The van der Waals surface area contributed by atoms with Gasteiger partial charge in [0.15, 0.2) is 0 Å². The molecule has 0 aliphatic heterocycles. The SMILES string of the molecule is CNC(=O)c1c(-c2ccc(F)cc2)oc2cc(NS(=O)(=O)CCCOCCOCCOCCN=[N+]=[N-])c(C3CC3)cc12. The Morgan fingerprint density at radius 1 is 1.07 bits per heavy atom. The molecule has 1 aliphatic carbocycles. The highest BCUT2D eigenvalue weighted by Crippen LogP contribution is 2.46. The Balaban J connectivity index is 1.35. The van der Waals surface area contributed by atoms with Gasteiger partial charge in [0, 0.05) is 42.1 Å². The number of nitrogens with zero attached hydrogens (tertiary/aromatic N) is 3. The number of amides is 1. The van der Waals surface area contributed by atoms with Crippen LogP contribution in [0.3, 0.4) is 0 Å². The Morgan fingerprint density at radius 3 is 2.38 bits per heavy atom. The van der Waals surface area contributed by atoms with Crippen molar-refractivity contribution in [2.75, 3.05) is 63.7 Å². The number of fused-ring (bicyclic) bond motifs is 1. The van der Waals surface area contributed by atoms with Gasteiger partial charge in [-0.15, -0.1) is 0 Å². The van der Waals surface area contributed by atoms with Crippen LogP contribution < -0.4 is 10.0 Å². The van der Waals surface area contributed by atoms with Crippen LogP contribution in [0.25, 0.3) is 32.7 Å². The Labute approximate surface area is 243 Å². The van der Waals surface area contributed by atoms with E-state index in [9.17, 15) is 17.6 Å². The van der Waals surface area contributed by atoms with Crippen LogP contribution in [-0.2, 0) is 24.2 Å². The van der Waals surface area contributed by atoms with Crippen LogP contribution in [0.4, 0.5) is 10.1 Å². The summed E-state index contributed by atoms with van der Waals surface area (Å²) in [6.07, 6.45) is 2.11. The molecule has 1 aromatic heterocycles. The number of anilines is 1. The van der Waals surface area contributed by atoms with Crippen LogP contribution in [0.15, 0.2) is 45.9 Å². The molecule has 0 bridgehead atoms. The van der Waals surface area contributed by atoms with E-state index in [1.165, 1.54) is 31.3 Å². The molecular weight excluding hydrogens is 569 g/mol. The van der Waals surface area contributed by atoms with Gasteiger partial charge in [0.25, 0.3) is 5.91 Å². The summed E-state index contributed by atoms with van der Waals surface area (Å²) in [7, 11) is -2.18. The van der Waals surface area contributed by atoms with E-state index in [4.69, 9.17) is 24.2 Å². The van der Waals surface area contributed by atoms with Crippen molar-refractivity contribution in [3.63, 3.8) is 0 Å². The predicted molar refractivity (Wildman–Crippen MR) is 155 cm³/mol. The highest BCUT2D eigenvalue weighted by atomic mass is 32.2. The summed E-state index contributed by atoms with van der Waals surface area (Å²) in [5.74, 6) is -0.454. The maximum atomic E-state index is 13.5. The normalized spacial score (nSPS) is 13.2. The zero-order valence-corrected chi connectivity index (χ0v) is 24.1. The summed E-state index contributed by atoms with van der Waals surface area (Å²) in [6.45, 7) is 2.26. The van der Waals surface area contributed by atoms with Crippen molar-refractivity contribution in [2.45, 2.75) is 25.2 Å². The molecule has 226 valence electrons. The van der Waals surface area contributed by atoms with Gasteiger partial charge in [0.05, 0.1) is 50.0 Å². The number of sulfonamides is 1. The molecule has 1 saturated carbocycles. The maximum absolute atomic E-state index is 13.5. The van der Waals surface area contributed by atoms with Gasteiger partial charge in [0.2, 0.25) is 10.0 Å². The van der Waals surface area contributed by atoms with E-state index in [0.717, 1.165) is 18.4 Å². The third-order valence-corrected chi connectivity index (χ3v) is 7.91. The fourth-order valence-corrected chi connectivity index (χ4v) is 5.51. The average Bonchev–Trinajstić information content (AvgIpc) is 3.75.